The number of carbonyl (C=O) groups excluding carboxylic acids is 1. The van der Waals surface area contributed by atoms with Crippen LogP contribution in [0.5, 0.6) is 0 Å². The van der Waals surface area contributed by atoms with Crippen LogP contribution in [0.25, 0.3) is 0 Å². The van der Waals surface area contributed by atoms with E-state index in [0.29, 0.717) is 0 Å². The molecule has 0 radical (unpaired) electrons. The molecule has 0 saturated carbocycles. The van der Waals surface area contributed by atoms with E-state index >= 15 is 0 Å². The molecule has 0 aliphatic carbocycles. The van der Waals surface area contributed by atoms with E-state index in [1.807, 2.05) is 30.3 Å². The number of rotatable bonds is 1. The summed E-state index contributed by atoms with van der Waals surface area (Å²) in [5.41, 5.74) is 0. The normalized spacial score (nSPS) is 6.27. The van der Waals surface area contributed by atoms with Gasteiger partial charge in [-0.25, -0.2) is 0 Å². The maximum absolute atomic E-state index is 8.83. The minimum Gasteiger partial charge on any atom is -0.655 e. The first-order chi connectivity index (χ1) is 4.91. The van der Waals surface area contributed by atoms with Gasteiger partial charge in [-0.3, -0.25) is 0 Å². The van der Waals surface area contributed by atoms with Crippen molar-refractivity contribution >= 4 is 6.47 Å². The van der Waals surface area contributed by atoms with E-state index in [9.17, 15) is 0 Å². The largest absolute Gasteiger partial charge is 1.00 e. The molecular weight excluding hydrogens is 167 g/mol. The van der Waals surface area contributed by atoms with Gasteiger partial charge in [0.25, 0.3) is 0 Å². The van der Waals surface area contributed by atoms with Crippen LogP contribution in [0.2, 0.25) is 0 Å². The molecule has 0 spiro atoms. The van der Waals surface area contributed by atoms with Crippen LogP contribution in [0, 0.1) is 6.07 Å². The van der Waals surface area contributed by atoms with E-state index in [1.54, 1.807) is 0 Å². The third-order valence-electron chi connectivity index (χ3n) is 0.690. The summed E-state index contributed by atoms with van der Waals surface area (Å²) in [6.07, 6.45) is 0. The topological polar surface area (TPSA) is 26.3 Å². The smallest absolute Gasteiger partial charge is 0.655 e. The first-order valence-corrected chi connectivity index (χ1v) is 2.73. The molecule has 54 valence electrons. The molecule has 0 N–H and O–H groups in total. The van der Waals surface area contributed by atoms with Crippen molar-refractivity contribution in [2.45, 2.75) is 0 Å². The molecule has 0 unspecified atom stereocenters. The molecule has 3 heteroatoms. The zero-order valence-electron chi connectivity index (χ0n) is 6.70. The number of hydrogen-bond acceptors (Lipinski definition) is 2. The summed E-state index contributed by atoms with van der Waals surface area (Å²) in [4.78, 5) is 8.83. The molecule has 0 amide bonds. The Morgan fingerprint density at radius 2 is 1.73 bits per heavy atom. The summed E-state index contributed by atoms with van der Waals surface area (Å²) >= 11 is 0. The summed E-state index contributed by atoms with van der Waals surface area (Å²) in [6, 6.07) is 12.5. The van der Waals surface area contributed by atoms with E-state index in [4.69, 9.17) is 4.79 Å². The molecule has 0 saturated heterocycles. The van der Waals surface area contributed by atoms with Gasteiger partial charge in [0.1, 0.15) is 0 Å². The van der Waals surface area contributed by atoms with Gasteiger partial charge in [0.2, 0.25) is 0 Å². The number of methoxy groups -OCH3 is 1. The zero-order chi connectivity index (χ0) is 7.66. The zero-order valence-corrected chi connectivity index (χ0v) is 9.83. The van der Waals surface area contributed by atoms with Crippen molar-refractivity contribution in [1.29, 1.82) is 0 Å². The Morgan fingerprint density at radius 1 is 1.27 bits per heavy atom. The molecule has 0 aliphatic heterocycles. The standard InChI is InChI=1S/C6H5.C2H3O2.K/c1-2-4-6-5-3-1;1-4-2-3;/h1-5H;1H3;/q2*-1;+1. The van der Waals surface area contributed by atoms with Crippen LogP contribution in [-0.2, 0) is 9.53 Å². The van der Waals surface area contributed by atoms with Crippen LogP contribution in [0.15, 0.2) is 30.3 Å². The van der Waals surface area contributed by atoms with Gasteiger partial charge in [-0.15, -0.1) is 0 Å². The van der Waals surface area contributed by atoms with Crippen molar-refractivity contribution in [3.05, 3.63) is 36.4 Å². The Balaban J connectivity index is 0. The summed E-state index contributed by atoms with van der Waals surface area (Å²) in [7, 11) is 1.26. The molecule has 0 aliphatic rings. The molecule has 0 atom stereocenters. The molecule has 0 heterocycles. The fourth-order valence-electron chi connectivity index (χ4n) is 0.342. The fourth-order valence-corrected chi connectivity index (χ4v) is 0.342. The maximum Gasteiger partial charge on any atom is 1.00 e. The van der Waals surface area contributed by atoms with Crippen LogP contribution in [-0.4, -0.2) is 13.6 Å². The van der Waals surface area contributed by atoms with Gasteiger partial charge >= 0.3 is 51.4 Å². The summed E-state index contributed by atoms with van der Waals surface area (Å²) in [5, 5.41) is 0. The van der Waals surface area contributed by atoms with Gasteiger partial charge in [-0.1, -0.05) is 6.47 Å². The molecule has 1 aromatic rings. The minimum atomic E-state index is 0. The van der Waals surface area contributed by atoms with Crippen molar-refractivity contribution in [2.24, 2.45) is 0 Å². The van der Waals surface area contributed by atoms with E-state index < -0.39 is 0 Å². The van der Waals surface area contributed by atoms with E-state index in [1.165, 1.54) is 13.6 Å². The van der Waals surface area contributed by atoms with Gasteiger partial charge in [-0.05, 0) is 0 Å². The quantitative estimate of drug-likeness (QED) is 0.371. The van der Waals surface area contributed by atoms with Crippen LogP contribution in [0.3, 0.4) is 0 Å². The summed E-state index contributed by atoms with van der Waals surface area (Å²) in [6.45, 7) is 1.18. The number of hydrogen-bond donors (Lipinski definition) is 0. The van der Waals surface area contributed by atoms with Crippen molar-refractivity contribution in [2.75, 3.05) is 7.11 Å². The minimum absolute atomic E-state index is 0. The molecular formula is C8H8KO2-. The molecule has 0 aromatic heterocycles. The molecule has 1 rings (SSSR count). The van der Waals surface area contributed by atoms with Gasteiger partial charge in [0, 0.05) is 7.11 Å². The van der Waals surface area contributed by atoms with Crippen LogP contribution in [0.4, 0.5) is 0 Å². The third kappa shape index (κ3) is 13.3. The predicted octanol–water partition coefficient (Wildman–Crippen LogP) is -1.81. The average molecular weight is 175 g/mol. The fraction of sp³-hybridized carbons (Fsp3) is 0.125. The molecule has 11 heavy (non-hydrogen) atoms. The second-order valence-corrected chi connectivity index (χ2v) is 1.36. The van der Waals surface area contributed by atoms with Crippen LogP contribution in [0.1, 0.15) is 0 Å². The molecule has 1 aromatic carbocycles. The van der Waals surface area contributed by atoms with Gasteiger partial charge in [-0.2, -0.15) is 36.4 Å². The number of ether oxygens (including phenoxy) is 1. The Morgan fingerprint density at radius 3 is 1.82 bits per heavy atom. The predicted molar refractivity (Wildman–Crippen MR) is 38.0 cm³/mol. The summed E-state index contributed by atoms with van der Waals surface area (Å²) in [5.74, 6) is 0. The number of benzene rings is 1. The Kier molecular flexibility index (Phi) is 16.4. The van der Waals surface area contributed by atoms with Crippen LogP contribution >= 0.6 is 0 Å². The van der Waals surface area contributed by atoms with Crippen molar-refractivity contribution in [1.82, 2.24) is 0 Å². The summed E-state index contributed by atoms with van der Waals surface area (Å²) < 4.78 is 3.74. The van der Waals surface area contributed by atoms with Crippen molar-refractivity contribution in [3.8, 4) is 0 Å². The van der Waals surface area contributed by atoms with E-state index in [2.05, 4.69) is 10.8 Å². The van der Waals surface area contributed by atoms with E-state index in [0.717, 1.165) is 0 Å². The average Bonchev–Trinajstić information content (AvgIpc) is 2.08. The Bertz CT molecular complexity index is 127. The third-order valence-corrected chi connectivity index (χ3v) is 0.690. The second kappa shape index (κ2) is 13.0. The van der Waals surface area contributed by atoms with Gasteiger partial charge < -0.3 is 9.53 Å². The van der Waals surface area contributed by atoms with Crippen molar-refractivity contribution < 1.29 is 60.9 Å². The Labute approximate surface area is 109 Å². The van der Waals surface area contributed by atoms with Gasteiger partial charge in [0.15, 0.2) is 0 Å². The SMILES string of the molecule is CO[C-]=O.[K+].[c-]1ccccc1. The molecule has 0 bridgehead atoms. The molecule has 0 fully saturated rings. The maximum atomic E-state index is 8.83. The van der Waals surface area contributed by atoms with Crippen LogP contribution < -0.4 is 51.4 Å². The van der Waals surface area contributed by atoms with Gasteiger partial charge in [0.05, 0.1) is 0 Å². The molecule has 2 nitrogen and oxygen atoms in total. The van der Waals surface area contributed by atoms with Crippen molar-refractivity contribution in [3.63, 3.8) is 0 Å². The first-order valence-electron chi connectivity index (χ1n) is 2.73. The second-order valence-electron chi connectivity index (χ2n) is 1.36. The Hall–Kier alpha value is 0.326. The first kappa shape index (κ1) is 13.9. The monoisotopic (exact) mass is 175 g/mol. The van der Waals surface area contributed by atoms with E-state index in [-0.39, 0.29) is 51.4 Å².